The molecule has 0 fully saturated rings. The first-order valence-corrected chi connectivity index (χ1v) is 6.49. The van der Waals surface area contributed by atoms with E-state index in [1.54, 1.807) is 30.5 Å². The molecule has 1 heterocycles. The van der Waals surface area contributed by atoms with Crippen molar-refractivity contribution >= 4 is 17.7 Å². The molecule has 1 N–H and O–H groups in total. The number of benzene rings is 1. The van der Waals surface area contributed by atoms with Crippen molar-refractivity contribution in [1.82, 2.24) is 4.98 Å². The predicted octanol–water partition coefficient (Wildman–Crippen LogP) is 2.94. The molecule has 0 unspecified atom stereocenters. The first kappa shape index (κ1) is 13.1. The Hall–Kier alpha value is -2.32. The van der Waals surface area contributed by atoms with Gasteiger partial charge in [-0.2, -0.15) is 5.26 Å². The third kappa shape index (κ3) is 3.33. The first-order valence-electron chi connectivity index (χ1n) is 5.51. The van der Waals surface area contributed by atoms with E-state index in [9.17, 15) is 4.79 Å². The van der Waals surface area contributed by atoms with E-state index in [-0.39, 0.29) is 5.56 Å². The van der Waals surface area contributed by atoms with Crippen LogP contribution in [0.25, 0.3) is 0 Å². The molecule has 0 aliphatic heterocycles. The second kappa shape index (κ2) is 6.03. The molecule has 0 bridgehead atoms. The number of carboxylic acid groups (broad SMARTS) is 1. The van der Waals surface area contributed by atoms with E-state index in [2.05, 4.69) is 4.98 Å². The Balaban J connectivity index is 2.13. The summed E-state index contributed by atoms with van der Waals surface area (Å²) in [5.74, 6) is -0.360. The maximum absolute atomic E-state index is 10.9. The van der Waals surface area contributed by atoms with Crippen LogP contribution >= 0.6 is 11.8 Å². The fourth-order valence-electron chi connectivity index (χ4n) is 1.54. The van der Waals surface area contributed by atoms with E-state index in [0.717, 1.165) is 10.5 Å². The maximum atomic E-state index is 10.9. The van der Waals surface area contributed by atoms with Gasteiger partial charge in [-0.05, 0) is 29.8 Å². The summed E-state index contributed by atoms with van der Waals surface area (Å²) < 4.78 is 0. The molecule has 0 saturated carbocycles. The molecule has 5 heteroatoms. The number of aromatic nitrogens is 1. The molecule has 94 valence electrons. The summed E-state index contributed by atoms with van der Waals surface area (Å²) in [5, 5.41) is 17.8. The van der Waals surface area contributed by atoms with Crippen molar-refractivity contribution in [2.75, 3.05) is 0 Å². The highest BCUT2D eigenvalue weighted by Gasteiger charge is 2.06. The van der Waals surface area contributed by atoms with Gasteiger partial charge in [0.1, 0.15) is 11.8 Å². The number of hydrogen-bond donors (Lipinski definition) is 1. The van der Waals surface area contributed by atoms with Crippen LogP contribution in [0.1, 0.15) is 21.6 Å². The van der Waals surface area contributed by atoms with Crippen LogP contribution in [-0.2, 0) is 5.75 Å². The molecule has 0 atom stereocenters. The van der Waals surface area contributed by atoms with Crippen molar-refractivity contribution in [3.05, 3.63) is 59.4 Å². The molecule has 1 aromatic carbocycles. The zero-order valence-corrected chi connectivity index (χ0v) is 10.7. The lowest BCUT2D eigenvalue weighted by Gasteiger charge is -2.04. The van der Waals surface area contributed by atoms with Crippen molar-refractivity contribution < 1.29 is 9.90 Å². The molecule has 2 aromatic rings. The van der Waals surface area contributed by atoms with Crippen LogP contribution < -0.4 is 0 Å². The zero-order valence-electron chi connectivity index (χ0n) is 9.91. The molecule has 0 saturated heterocycles. The molecule has 4 nitrogen and oxygen atoms in total. The Morgan fingerprint density at radius 1 is 1.37 bits per heavy atom. The van der Waals surface area contributed by atoms with Gasteiger partial charge in [0.2, 0.25) is 0 Å². The lowest BCUT2D eigenvalue weighted by Crippen LogP contribution is -1.95. The van der Waals surface area contributed by atoms with Gasteiger partial charge >= 0.3 is 5.97 Å². The molecule has 0 radical (unpaired) electrons. The summed E-state index contributed by atoms with van der Waals surface area (Å²) in [5.41, 5.74) is 1.51. The average Bonchev–Trinajstić information content (AvgIpc) is 2.45. The van der Waals surface area contributed by atoms with Gasteiger partial charge < -0.3 is 5.11 Å². The van der Waals surface area contributed by atoms with Gasteiger partial charge in [-0.1, -0.05) is 12.1 Å². The van der Waals surface area contributed by atoms with Crippen LogP contribution in [0.5, 0.6) is 0 Å². The van der Waals surface area contributed by atoms with Gasteiger partial charge in [-0.25, -0.2) is 9.78 Å². The number of rotatable bonds is 4. The van der Waals surface area contributed by atoms with Crippen LogP contribution in [0.3, 0.4) is 0 Å². The van der Waals surface area contributed by atoms with E-state index in [4.69, 9.17) is 10.4 Å². The van der Waals surface area contributed by atoms with Crippen molar-refractivity contribution in [2.45, 2.75) is 10.6 Å². The number of carbonyl (C=O) groups is 1. The van der Waals surface area contributed by atoms with E-state index >= 15 is 0 Å². The SMILES string of the molecule is N#Cc1ncccc1CSc1cccc(C(=O)O)c1. The summed E-state index contributed by atoms with van der Waals surface area (Å²) in [7, 11) is 0. The molecule has 0 aliphatic carbocycles. The second-order valence-electron chi connectivity index (χ2n) is 3.74. The first-order chi connectivity index (χ1) is 9.20. The molecular formula is C14H10N2O2S. The Morgan fingerprint density at radius 2 is 2.21 bits per heavy atom. The lowest BCUT2D eigenvalue weighted by atomic mass is 10.2. The fraction of sp³-hybridized carbons (Fsp3) is 0.0714. The van der Waals surface area contributed by atoms with Crippen LogP contribution in [-0.4, -0.2) is 16.1 Å². The molecule has 0 amide bonds. The molecule has 2 rings (SSSR count). The van der Waals surface area contributed by atoms with E-state index in [0.29, 0.717) is 11.4 Å². The third-order valence-electron chi connectivity index (χ3n) is 2.47. The van der Waals surface area contributed by atoms with Crippen molar-refractivity contribution in [3.63, 3.8) is 0 Å². The number of thioether (sulfide) groups is 1. The summed E-state index contributed by atoms with van der Waals surface area (Å²) in [4.78, 5) is 15.7. The molecular weight excluding hydrogens is 260 g/mol. The van der Waals surface area contributed by atoms with Crippen molar-refractivity contribution in [1.29, 1.82) is 5.26 Å². The average molecular weight is 270 g/mol. The third-order valence-corrected chi connectivity index (χ3v) is 3.52. The molecule has 0 aliphatic rings. The summed E-state index contributed by atoms with van der Waals surface area (Å²) in [6.07, 6.45) is 1.58. The zero-order chi connectivity index (χ0) is 13.7. The monoisotopic (exact) mass is 270 g/mol. The quantitative estimate of drug-likeness (QED) is 0.864. The number of carboxylic acids is 1. The van der Waals surface area contributed by atoms with Gasteiger partial charge in [0, 0.05) is 16.8 Å². The van der Waals surface area contributed by atoms with E-state index in [1.807, 2.05) is 18.2 Å². The van der Waals surface area contributed by atoms with Crippen molar-refractivity contribution in [2.24, 2.45) is 0 Å². The molecule has 0 spiro atoms. The normalized spacial score (nSPS) is 9.84. The Morgan fingerprint density at radius 3 is 2.95 bits per heavy atom. The highest BCUT2D eigenvalue weighted by molar-refractivity contribution is 7.98. The van der Waals surface area contributed by atoms with E-state index in [1.165, 1.54) is 11.8 Å². The lowest BCUT2D eigenvalue weighted by molar-refractivity contribution is 0.0696. The number of nitriles is 1. The van der Waals surface area contributed by atoms with Crippen LogP contribution in [0, 0.1) is 11.3 Å². The van der Waals surface area contributed by atoms with Crippen LogP contribution in [0.4, 0.5) is 0 Å². The highest BCUT2D eigenvalue weighted by atomic mass is 32.2. The Kier molecular flexibility index (Phi) is 4.16. The number of nitrogens with zero attached hydrogens (tertiary/aromatic N) is 2. The van der Waals surface area contributed by atoms with Crippen LogP contribution in [0.2, 0.25) is 0 Å². The number of hydrogen-bond acceptors (Lipinski definition) is 4. The largest absolute Gasteiger partial charge is 0.478 e. The second-order valence-corrected chi connectivity index (χ2v) is 4.79. The van der Waals surface area contributed by atoms with Gasteiger partial charge in [-0.3, -0.25) is 0 Å². The van der Waals surface area contributed by atoms with Gasteiger partial charge in [0.05, 0.1) is 5.56 Å². The minimum Gasteiger partial charge on any atom is -0.478 e. The maximum Gasteiger partial charge on any atom is 0.335 e. The topological polar surface area (TPSA) is 74.0 Å². The summed E-state index contributed by atoms with van der Waals surface area (Å²) >= 11 is 1.48. The predicted molar refractivity (Wildman–Crippen MR) is 71.9 cm³/mol. The summed E-state index contributed by atoms with van der Waals surface area (Å²) in [6, 6.07) is 12.4. The Bertz CT molecular complexity index is 650. The standard InChI is InChI=1S/C14H10N2O2S/c15-8-13-11(4-2-6-16-13)9-19-12-5-1-3-10(7-12)14(17)18/h1-7H,9H2,(H,17,18). The number of pyridine rings is 1. The highest BCUT2D eigenvalue weighted by Crippen LogP contribution is 2.24. The van der Waals surface area contributed by atoms with Crippen LogP contribution in [0.15, 0.2) is 47.5 Å². The van der Waals surface area contributed by atoms with Gasteiger partial charge in [0.15, 0.2) is 0 Å². The van der Waals surface area contributed by atoms with Gasteiger partial charge in [0.25, 0.3) is 0 Å². The number of aromatic carboxylic acids is 1. The smallest absolute Gasteiger partial charge is 0.335 e. The molecule has 19 heavy (non-hydrogen) atoms. The van der Waals surface area contributed by atoms with Crippen molar-refractivity contribution in [3.8, 4) is 6.07 Å². The molecule has 1 aromatic heterocycles. The summed E-state index contributed by atoms with van der Waals surface area (Å²) in [6.45, 7) is 0. The Labute approximate surface area is 114 Å². The van der Waals surface area contributed by atoms with E-state index < -0.39 is 5.97 Å². The minimum atomic E-state index is -0.943. The fourth-order valence-corrected chi connectivity index (χ4v) is 2.48. The van der Waals surface area contributed by atoms with Gasteiger partial charge in [-0.15, -0.1) is 11.8 Å². The minimum absolute atomic E-state index is 0.261.